The molecule has 0 unspecified atom stereocenters. The van der Waals surface area contributed by atoms with E-state index in [4.69, 9.17) is 16.3 Å². The summed E-state index contributed by atoms with van der Waals surface area (Å²) >= 11 is 5.71. The van der Waals surface area contributed by atoms with Crippen LogP contribution in [0.5, 0.6) is 0 Å². The van der Waals surface area contributed by atoms with Crippen LogP contribution in [0.1, 0.15) is 11.1 Å². The van der Waals surface area contributed by atoms with Crippen molar-refractivity contribution < 1.29 is 19.2 Å². The van der Waals surface area contributed by atoms with Gasteiger partial charge in [-0.15, -0.1) is 0 Å². The van der Waals surface area contributed by atoms with Gasteiger partial charge in [-0.25, -0.2) is 4.79 Å². The van der Waals surface area contributed by atoms with Crippen molar-refractivity contribution in [3.8, 4) is 0 Å². The molecule has 0 heterocycles. The second kappa shape index (κ2) is 8.77. The topological polar surface area (TPSA) is 98.5 Å². The van der Waals surface area contributed by atoms with Crippen LogP contribution in [0.3, 0.4) is 0 Å². The first-order valence-corrected chi connectivity index (χ1v) is 7.88. The van der Waals surface area contributed by atoms with Crippen molar-refractivity contribution in [1.29, 1.82) is 0 Å². The van der Waals surface area contributed by atoms with E-state index in [1.54, 1.807) is 12.1 Å². The summed E-state index contributed by atoms with van der Waals surface area (Å²) in [4.78, 5) is 33.6. The molecule has 0 saturated carbocycles. The molecule has 0 aliphatic heterocycles. The van der Waals surface area contributed by atoms with Crippen LogP contribution in [-0.2, 0) is 14.3 Å². The molecule has 0 spiro atoms. The maximum Gasteiger partial charge on any atom is 0.331 e. The van der Waals surface area contributed by atoms with Gasteiger partial charge in [0, 0.05) is 17.8 Å². The van der Waals surface area contributed by atoms with Crippen LogP contribution in [-0.4, -0.2) is 23.4 Å². The Labute approximate surface area is 154 Å². The summed E-state index contributed by atoms with van der Waals surface area (Å²) in [6, 6.07) is 11.3. The van der Waals surface area contributed by atoms with Crippen molar-refractivity contribution in [3.05, 3.63) is 74.8 Å². The molecular weight excluding hydrogens is 360 g/mol. The maximum atomic E-state index is 11.7. The van der Waals surface area contributed by atoms with E-state index in [0.29, 0.717) is 11.3 Å². The fraction of sp³-hybridized carbons (Fsp3) is 0.111. The Morgan fingerprint density at radius 1 is 1.23 bits per heavy atom. The Morgan fingerprint density at radius 3 is 2.58 bits per heavy atom. The first kappa shape index (κ1) is 19.1. The molecule has 26 heavy (non-hydrogen) atoms. The number of hydrogen-bond donors (Lipinski definition) is 1. The van der Waals surface area contributed by atoms with Gasteiger partial charge >= 0.3 is 5.97 Å². The highest BCUT2D eigenvalue weighted by molar-refractivity contribution is 6.32. The van der Waals surface area contributed by atoms with Crippen LogP contribution < -0.4 is 5.32 Å². The largest absolute Gasteiger partial charge is 0.452 e. The second-order valence-corrected chi connectivity index (χ2v) is 5.73. The molecule has 2 aromatic carbocycles. The zero-order valence-corrected chi connectivity index (χ0v) is 14.5. The Morgan fingerprint density at radius 2 is 1.92 bits per heavy atom. The molecule has 8 heteroatoms. The van der Waals surface area contributed by atoms with E-state index >= 15 is 0 Å². The highest BCUT2D eigenvalue weighted by Crippen LogP contribution is 2.25. The van der Waals surface area contributed by atoms with E-state index in [2.05, 4.69) is 5.32 Å². The van der Waals surface area contributed by atoms with Gasteiger partial charge in [-0.05, 0) is 36.8 Å². The van der Waals surface area contributed by atoms with Gasteiger partial charge < -0.3 is 10.1 Å². The average Bonchev–Trinajstić information content (AvgIpc) is 2.61. The molecule has 0 atom stereocenters. The van der Waals surface area contributed by atoms with Crippen LogP contribution in [0.4, 0.5) is 11.4 Å². The first-order valence-electron chi connectivity index (χ1n) is 7.50. The summed E-state index contributed by atoms with van der Waals surface area (Å²) in [5.41, 5.74) is 1.80. The van der Waals surface area contributed by atoms with Crippen molar-refractivity contribution >= 4 is 40.9 Å². The minimum Gasteiger partial charge on any atom is -0.452 e. The molecular formula is C18H15ClN2O5. The monoisotopic (exact) mass is 374 g/mol. The van der Waals surface area contributed by atoms with E-state index in [9.17, 15) is 19.7 Å². The van der Waals surface area contributed by atoms with Crippen molar-refractivity contribution in [2.45, 2.75) is 6.92 Å². The van der Waals surface area contributed by atoms with Gasteiger partial charge in [-0.1, -0.05) is 35.4 Å². The van der Waals surface area contributed by atoms with Gasteiger partial charge in [0.15, 0.2) is 6.61 Å². The number of nitrogens with zero attached hydrogens (tertiary/aromatic N) is 1. The molecule has 0 saturated heterocycles. The number of benzene rings is 2. The van der Waals surface area contributed by atoms with E-state index < -0.39 is 23.4 Å². The van der Waals surface area contributed by atoms with Gasteiger partial charge in [0.05, 0.1) is 4.92 Å². The summed E-state index contributed by atoms with van der Waals surface area (Å²) in [7, 11) is 0. The van der Waals surface area contributed by atoms with E-state index in [0.717, 1.165) is 11.6 Å². The van der Waals surface area contributed by atoms with Crippen LogP contribution in [0.15, 0.2) is 48.5 Å². The number of halogens is 1. The Bertz CT molecular complexity index is 862. The summed E-state index contributed by atoms with van der Waals surface area (Å²) in [6.07, 6.45) is 2.41. The third-order valence-corrected chi connectivity index (χ3v) is 3.58. The average molecular weight is 375 g/mol. The smallest absolute Gasteiger partial charge is 0.331 e. The first-order chi connectivity index (χ1) is 12.3. The number of carbonyl (C=O) groups is 2. The Balaban J connectivity index is 1.87. The standard InChI is InChI=1S/C18H15ClN2O5/c1-12-2-6-14(7-3-12)20-17(22)11-26-18(23)9-5-13-4-8-15(19)16(10-13)21(24)25/h2-10H,11H2,1H3,(H,20,22)/b9-5+. The highest BCUT2D eigenvalue weighted by atomic mass is 35.5. The lowest BCUT2D eigenvalue weighted by Crippen LogP contribution is -2.20. The number of nitrogens with one attached hydrogen (secondary N) is 1. The summed E-state index contributed by atoms with van der Waals surface area (Å²) in [5, 5.41) is 13.4. The minimum atomic E-state index is -0.748. The van der Waals surface area contributed by atoms with E-state index in [1.165, 1.54) is 24.3 Å². The summed E-state index contributed by atoms with van der Waals surface area (Å²) < 4.78 is 4.83. The molecule has 0 aliphatic carbocycles. The van der Waals surface area contributed by atoms with E-state index in [1.807, 2.05) is 19.1 Å². The quantitative estimate of drug-likeness (QED) is 0.359. The minimum absolute atomic E-state index is 0.00232. The predicted octanol–water partition coefficient (Wildman–Crippen LogP) is 3.75. The number of aryl methyl sites for hydroxylation is 1. The second-order valence-electron chi connectivity index (χ2n) is 5.32. The van der Waals surface area contributed by atoms with Crippen molar-refractivity contribution in [3.63, 3.8) is 0 Å². The third-order valence-electron chi connectivity index (χ3n) is 3.26. The van der Waals surface area contributed by atoms with Gasteiger partial charge in [0.2, 0.25) is 0 Å². The zero-order valence-electron chi connectivity index (χ0n) is 13.8. The van der Waals surface area contributed by atoms with Gasteiger partial charge in [-0.3, -0.25) is 14.9 Å². The maximum absolute atomic E-state index is 11.7. The van der Waals surface area contributed by atoms with Gasteiger partial charge in [0.1, 0.15) is 5.02 Å². The lowest BCUT2D eigenvalue weighted by molar-refractivity contribution is -0.384. The SMILES string of the molecule is Cc1ccc(NC(=O)COC(=O)/C=C/c2ccc(Cl)c([N+](=O)[O-])c2)cc1. The summed E-state index contributed by atoms with van der Waals surface area (Å²) in [6.45, 7) is 1.48. The molecule has 0 fully saturated rings. The van der Waals surface area contributed by atoms with E-state index in [-0.39, 0.29) is 10.7 Å². The molecule has 7 nitrogen and oxygen atoms in total. The molecule has 0 bridgehead atoms. The third kappa shape index (κ3) is 5.71. The number of ether oxygens (including phenoxy) is 1. The van der Waals surface area contributed by atoms with Crippen molar-refractivity contribution in [1.82, 2.24) is 0 Å². The lowest BCUT2D eigenvalue weighted by atomic mass is 10.2. The Kier molecular flexibility index (Phi) is 6.46. The number of hydrogen-bond acceptors (Lipinski definition) is 5. The molecule has 0 aromatic heterocycles. The lowest BCUT2D eigenvalue weighted by Gasteiger charge is -2.05. The number of anilines is 1. The zero-order chi connectivity index (χ0) is 19.1. The predicted molar refractivity (Wildman–Crippen MR) is 97.9 cm³/mol. The van der Waals surface area contributed by atoms with Crippen molar-refractivity contribution in [2.75, 3.05) is 11.9 Å². The van der Waals surface area contributed by atoms with Crippen LogP contribution in [0.2, 0.25) is 5.02 Å². The number of amides is 1. The molecule has 2 rings (SSSR count). The van der Waals surface area contributed by atoms with Crippen molar-refractivity contribution in [2.24, 2.45) is 0 Å². The highest BCUT2D eigenvalue weighted by Gasteiger charge is 2.12. The van der Waals surface area contributed by atoms with Gasteiger partial charge in [-0.2, -0.15) is 0 Å². The molecule has 0 aliphatic rings. The number of nitro groups is 1. The normalized spacial score (nSPS) is 10.5. The fourth-order valence-corrected chi connectivity index (χ4v) is 2.14. The molecule has 134 valence electrons. The number of rotatable bonds is 6. The molecule has 0 radical (unpaired) electrons. The Hall–Kier alpha value is -3.19. The van der Waals surface area contributed by atoms with Crippen LogP contribution in [0, 0.1) is 17.0 Å². The molecule has 2 aromatic rings. The van der Waals surface area contributed by atoms with Crippen LogP contribution >= 0.6 is 11.6 Å². The number of esters is 1. The number of nitro benzene ring substituents is 1. The summed E-state index contributed by atoms with van der Waals surface area (Å²) in [5.74, 6) is -1.22. The molecule has 1 N–H and O–H groups in total. The molecule has 1 amide bonds. The van der Waals surface area contributed by atoms with Crippen LogP contribution in [0.25, 0.3) is 6.08 Å². The fourth-order valence-electron chi connectivity index (χ4n) is 1.96. The van der Waals surface area contributed by atoms with Gasteiger partial charge in [0.25, 0.3) is 11.6 Å². The number of carbonyl (C=O) groups excluding carboxylic acids is 2.